The summed E-state index contributed by atoms with van der Waals surface area (Å²) in [5, 5.41) is 9.52. The Balaban J connectivity index is 1.35. The number of benzene rings is 1. The minimum Gasteiger partial charge on any atom is -0.508 e. The molecule has 1 aromatic carbocycles. The van der Waals surface area contributed by atoms with Crippen molar-refractivity contribution in [1.82, 2.24) is 9.80 Å². The fraction of sp³-hybridized carbons (Fsp3) is 0.579. The van der Waals surface area contributed by atoms with Crippen molar-refractivity contribution >= 4 is 11.8 Å². The number of phenolic OH excluding ortho intramolecular Hbond substituents is 1. The molecule has 3 atom stereocenters. The molecule has 24 heavy (non-hydrogen) atoms. The lowest BCUT2D eigenvalue weighted by Gasteiger charge is -2.37. The van der Waals surface area contributed by atoms with E-state index in [1.807, 2.05) is 4.90 Å². The lowest BCUT2D eigenvalue weighted by molar-refractivity contribution is -0.138. The highest BCUT2D eigenvalue weighted by Gasteiger charge is 2.44. The predicted molar refractivity (Wildman–Crippen MR) is 89.5 cm³/mol. The van der Waals surface area contributed by atoms with Crippen LogP contribution in [0.25, 0.3) is 0 Å². The zero-order valence-corrected chi connectivity index (χ0v) is 13.9. The molecule has 0 radical (unpaired) electrons. The number of hydrogen-bond acceptors (Lipinski definition) is 3. The average Bonchev–Trinajstić information content (AvgIpc) is 3.24. The molecule has 5 heteroatoms. The summed E-state index contributed by atoms with van der Waals surface area (Å²) in [7, 11) is 0. The highest BCUT2D eigenvalue weighted by atomic mass is 16.3. The maximum Gasteiger partial charge on any atom is 0.254 e. The van der Waals surface area contributed by atoms with Crippen LogP contribution in [0.4, 0.5) is 0 Å². The molecule has 128 valence electrons. The molecule has 0 spiro atoms. The fourth-order valence-electron chi connectivity index (χ4n) is 4.73. The Morgan fingerprint density at radius 2 is 1.75 bits per heavy atom. The zero-order chi connectivity index (χ0) is 16.7. The van der Waals surface area contributed by atoms with Gasteiger partial charge in [0, 0.05) is 37.7 Å². The van der Waals surface area contributed by atoms with Crippen LogP contribution in [0.5, 0.6) is 5.75 Å². The first-order valence-corrected chi connectivity index (χ1v) is 8.99. The van der Waals surface area contributed by atoms with Crippen LogP contribution in [0.3, 0.4) is 0 Å². The minimum absolute atomic E-state index is 0.0714. The molecule has 3 unspecified atom stereocenters. The summed E-state index contributed by atoms with van der Waals surface area (Å²) in [6.07, 6.45) is 4.84. The number of amides is 2. The summed E-state index contributed by atoms with van der Waals surface area (Å²) in [6, 6.07) is 6.45. The monoisotopic (exact) mass is 328 g/mol. The molecule has 1 saturated heterocycles. The topological polar surface area (TPSA) is 60.9 Å². The van der Waals surface area contributed by atoms with Gasteiger partial charge in [-0.1, -0.05) is 12.5 Å². The van der Waals surface area contributed by atoms with Gasteiger partial charge in [-0.2, -0.15) is 0 Å². The summed E-state index contributed by atoms with van der Waals surface area (Å²) >= 11 is 0. The standard InChI is InChI=1S/C19H24N2O3/c22-16-3-1-2-15(12-16)18(23)20-6-8-21(9-7-20)19(24)17-11-13-4-5-14(17)10-13/h1-3,12-14,17,22H,4-11H2. The van der Waals surface area contributed by atoms with Crippen LogP contribution in [0.15, 0.2) is 24.3 Å². The van der Waals surface area contributed by atoms with Gasteiger partial charge in [-0.25, -0.2) is 0 Å². The molecule has 1 aliphatic heterocycles. The molecule has 5 nitrogen and oxygen atoms in total. The molecule has 2 saturated carbocycles. The van der Waals surface area contributed by atoms with Crippen molar-refractivity contribution in [3.8, 4) is 5.75 Å². The summed E-state index contributed by atoms with van der Waals surface area (Å²) in [4.78, 5) is 29.0. The first kappa shape index (κ1) is 15.5. The average molecular weight is 328 g/mol. The van der Waals surface area contributed by atoms with Crippen molar-refractivity contribution in [3.63, 3.8) is 0 Å². The van der Waals surface area contributed by atoms with E-state index in [0.29, 0.717) is 43.6 Å². The van der Waals surface area contributed by atoms with E-state index in [1.54, 1.807) is 23.1 Å². The van der Waals surface area contributed by atoms with Crippen molar-refractivity contribution < 1.29 is 14.7 Å². The van der Waals surface area contributed by atoms with E-state index in [0.717, 1.165) is 12.3 Å². The molecule has 2 bridgehead atoms. The molecule has 3 aliphatic rings. The maximum absolute atomic E-state index is 12.8. The van der Waals surface area contributed by atoms with Crippen LogP contribution in [0.1, 0.15) is 36.0 Å². The number of piperazine rings is 1. The number of aromatic hydroxyl groups is 1. The SMILES string of the molecule is O=C(c1cccc(O)c1)N1CCN(C(=O)C2CC3CCC2C3)CC1. The molecule has 1 aromatic rings. The summed E-state index contributed by atoms with van der Waals surface area (Å²) in [5.74, 6) is 1.96. The Morgan fingerprint density at radius 3 is 2.38 bits per heavy atom. The van der Waals surface area contributed by atoms with E-state index in [-0.39, 0.29) is 17.6 Å². The van der Waals surface area contributed by atoms with E-state index in [1.165, 1.54) is 25.3 Å². The quantitative estimate of drug-likeness (QED) is 0.904. The van der Waals surface area contributed by atoms with Crippen LogP contribution in [0.2, 0.25) is 0 Å². The van der Waals surface area contributed by atoms with Crippen molar-refractivity contribution in [3.05, 3.63) is 29.8 Å². The van der Waals surface area contributed by atoms with Crippen molar-refractivity contribution in [2.75, 3.05) is 26.2 Å². The van der Waals surface area contributed by atoms with Gasteiger partial charge in [0.15, 0.2) is 0 Å². The Kier molecular flexibility index (Phi) is 3.94. The number of phenols is 1. The lowest BCUT2D eigenvalue weighted by Crippen LogP contribution is -2.52. The maximum atomic E-state index is 12.8. The number of fused-ring (bicyclic) bond motifs is 2. The number of carbonyl (C=O) groups excluding carboxylic acids is 2. The molecule has 3 fully saturated rings. The molecule has 1 N–H and O–H groups in total. The Labute approximate surface area is 142 Å². The molecular formula is C19H24N2O3. The molecule has 2 amide bonds. The minimum atomic E-state index is -0.0714. The number of hydrogen-bond donors (Lipinski definition) is 1. The molecular weight excluding hydrogens is 304 g/mol. The number of rotatable bonds is 2. The van der Waals surface area contributed by atoms with Crippen LogP contribution in [-0.2, 0) is 4.79 Å². The van der Waals surface area contributed by atoms with Gasteiger partial charge in [0.2, 0.25) is 5.91 Å². The van der Waals surface area contributed by atoms with E-state index in [2.05, 4.69) is 0 Å². The molecule has 1 heterocycles. The zero-order valence-electron chi connectivity index (χ0n) is 13.9. The van der Waals surface area contributed by atoms with E-state index >= 15 is 0 Å². The van der Waals surface area contributed by atoms with Gasteiger partial charge in [0.1, 0.15) is 5.75 Å². The van der Waals surface area contributed by atoms with Crippen molar-refractivity contribution in [2.45, 2.75) is 25.7 Å². The van der Waals surface area contributed by atoms with Gasteiger partial charge in [0.25, 0.3) is 5.91 Å². The number of carbonyl (C=O) groups is 2. The highest BCUT2D eigenvalue weighted by molar-refractivity contribution is 5.94. The van der Waals surface area contributed by atoms with Gasteiger partial charge in [-0.15, -0.1) is 0 Å². The van der Waals surface area contributed by atoms with Crippen LogP contribution in [0, 0.1) is 17.8 Å². The second-order valence-electron chi connectivity index (χ2n) is 7.45. The Hall–Kier alpha value is -2.04. The largest absolute Gasteiger partial charge is 0.508 e. The van der Waals surface area contributed by atoms with Crippen molar-refractivity contribution in [1.29, 1.82) is 0 Å². The second kappa shape index (κ2) is 6.11. The van der Waals surface area contributed by atoms with E-state index < -0.39 is 0 Å². The van der Waals surface area contributed by atoms with Crippen LogP contribution < -0.4 is 0 Å². The van der Waals surface area contributed by atoms with E-state index in [9.17, 15) is 14.7 Å². The summed E-state index contributed by atoms with van der Waals surface area (Å²) < 4.78 is 0. The first-order valence-electron chi connectivity index (χ1n) is 8.99. The van der Waals surface area contributed by atoms with Crippen LogP contribution >= 0.6 is 0 Å². The fourth-order valence-corrected chi connectivity index (χ4v) is 4.73. The van der Waals surface area contributed by atoms with Gasteiger partial charge in [0.05, 0.1) is 0 Å². The molecule has 4 rings (SSSR count). The Morgan fingerprint density at radius 1 is 1.00 bits per heavy atom. The Bertz CT molecular complexity index is 652. The van der Waals surface area contributed by atoms with Gasteiger partial charge < -0.3 is 14.9 Å². The summed E-state index contributed by atoms with van der Waals surface area (Å²) in [6.45, 7) is 2.39. The lowest BCUT2D eigenvalue weighted by atomic mass is 9.87. The highest BCUT2D eigenvalue weighted by Crippen LogP contribution is 2.48. The smallest absolute Gasteiger partial charge is 0.254 e. The second-order valence-corrected chi connectivity index (χ2v) is 7.45. The van der Waals surface area contributed by atoms with Gasteiger partial charge in [-0.05, 0) is 49.3 Å². The normalized spacial score (nSPS) is 29.1. The third-order valence-electron chi connectivity index (χ3n) is 6.03. The summed E-state index contributed by atoms with van der Waals surface area (Å²) in [5.41, 5.74) is 0.503. The third-order valence-corrected chi connectivity index (χ3v) is 6.03. The third kappa shape index (κ3) is 2.76. The molecule has 2 aliphatic carbocycles. The molecule has 0 aromatic heterocycles. The van der Waals surface area contributed by atoms with E-state index in [4.69, 9.17) is 0 Å². The van der Waals surface area contributed by atoms with Crippen LogP contribution in [-0.4, -0.2) is 52.9 Å². The van der Waals surface area contributed by atoms with Gasteiger partial charge >= 0.3 is 0 Å². The van der Waals surface area contributed by atoms with Crippen molar-refractivity contribution in [2.24, 2.45) is 17.8 Å². The predicted octanol–water partition coefficient (Wildman–Crippen LogP) is 2.11. The first-order chi connectivity index (χ1) is 11.6. The van der Waals surface area contributed by atoms with Gasteiger partial charge in [-0.3, -0.25) is 9.59 Å². The number of nitrogens with zero attached hydrogens (tertiary/aromatic N) is 2.